The number of aliphatic hydroxyl groups is 4. The molecule has 2 aromatic rings. The molecule has 0 bridgehead atoms. The maximum absolute atomic E-state index is 10.3. The Labute approximate surface area is 185 Å². The van der Waals surface area contributed by atoms with Crippen molar-refractivity contribution in [1.82, 2.24) is 0 Å². The summed E-state index contributed by atoms with van der Waals surface area (Å²) in [4.78, 5) is 0. The van der Waals surface area contributed by atoms with Crippen molar-refractivity contribution >= 4 is 0 Å². The van der Waals surface area contributed by atoms with Gasteiger partial charge in [-0.15, -0.1) is 0 Å². The maximum Gasteiger partial charge on any atom is 0.229 e. The van der Waals surface area contributed by atoms with Crippen LogP contribution >= 0.6 is 0 Å². The van der Waals surface area contributed by atoms with Gasteiger partial charge in [-0.1, -0.05) is 12.1 Å². The Morgan fingerprint density at radius 2 is 1.66 bits per heavy atom. The molecular formula is C23H28O9. The SMILES string of the molecule is COc1ccc([C@@H]2CCc3c(O[C@@H]4O[C@H](CO)[C@@H](O)[C@H](O)[C@@H]4O)cc(OC)cc3O2)cc1. The van der Waals surface area contributed by atoms with Gasteiger partial charge in [0.15, 0.2) is 0 Å². The van der Waals surface area contributed by atoms with Crippen LogP contribution in [0.25, 0.3) is 0 Å². The summed E-state index contributed by atoms with van der Waals surface area (Å²) in [6.45, 7) is -0.534. The molecule has 32 heavy (non-hydrogen) atoms. The van der Waals surface area contributed by atoms with Crippen LogP contribution in [0.4, 0.5) is 0 Å². The maximum atomic E-state index is 10.3. The van der Waals surface area contributed by atoms with E-state index < -0.39 is 37.3 Å². The summed E-state index contributed by atoms with van der Waals surface area (Å²) in [5, 5.41) is 39.8. The van der Waals surface area contributed by atoms with Crippen LogP contribution < -0.4 is 18.9 Å². The normalized spacial score (nSPS) is 29.6. The standard InChI is InChI=1S/C23H28O9/c1-28-13-5-3-12(4-6-13)16-8-7-15-17(30-16)9-14(29-2)10-18(15)31-23-22(27)21(26)20(25)19(11-24)32-23/h3-6,9-10,16,19-27H,7-8,11H2,1-2H3/t16-,19+,20+,21-,22-,23+/m0/s1. The molecule has 0 unspecified atom stereocenters. The minimum Gasteiger partial charge on any atom is -0.497 e. The summed E-state index contributed by atoms with van der Waals surface area (Å²) < 4.78 is 28.2. The first kappa shape index (κ1) is 22.6. The smallest absolute Gasteiger partial charge is 0.229 e. The zero-order valence-electron chi connectivity index (χ0n) is 17.9. The van der Waals surface area contributed by atoms with Crippen LogP contribution in [-0.4, -0.2) is 72.0 Å². The van der Waals surface area contributed by atoms with Crippen molar-refractivity contribution in [3.63, 3.8) is 0 Å². The zero-order chi connectivity index (χ0) is 22.8. The van der Waals surface area contributed by atoms with Gasteiger partial charge in [-0.2, -0.15) is 0 Å². The highest BCUT2D eigenvalue weighted by atomic mass is 16.7. The molecule has 2 aliphatic heterocycles. The zero-order valence-corrected chi connectivity index (χ0v) is 17.9. The van der Waals surface area contributed by atoms with Gasteiger partial charge in [-0.05, 0) is 30.5 Å². The molecule has 6 atom stereocenters. The number of fused-ring (bicyclic) bond motifs is 1. The molecule has 9 heteroatoms. The van der Waals surface area contributed by atoms with E-state index >= 15 is 0 Å². The lowest BCUT2D eigenvalue weighted by Crippen LogP contribution is -2.60. The molecule has 0 aromatic heterocycles. The lowest BCUT2D eigenvalue weighted by molar-refractivity contribution is -0.277. The number of aliphatic hydroxyl groups excluding tert-OH is 4. The van der Waals surface area contributed by atoms with Gasteiger partial charge in [-0.25, -0.2) is 0 Å². The van der Waals surface area contributed by atoms with E-state index in [1.165, 1.54) is 7.11 Å². The molecule has 0 saturated carbocycles. The van der Waals surface area contributed by atoms with Crippen molar-refractivity contribution < 1.29 is 44.1 Å². The molecule has 9 nitrogen and oxygen atoms in total. The number of rotatable bonds is 6. The van der Waals surface area contributed by atoms with Crippen molar-refractivity contribution in [2.24, 2.45) is 0 Å². The van der Waals surface area contributed by atoms with Crippen molar-refractivity contribution in [2.45, 2.75) is 49.7 Å². The van der Waals surface area contributed by atoms with Gasteiger partial charge < -0.3 is 44.1 Å². The summed E-state index contributed by atoms with van der Waals surface area (Å²) in [6, 6.07) is 11.1. The minimum absolute atomic E-state index is 0.166. The summed E-state index contributed by atoms with van der Waals surface area (Å²) in [7, 11) is 3.13. The molecule has 0 radical (unpaired) electrons. The van der Waals surface area contributed by atoms with Gasteiger partial charge in [0.1, 0.15) is 53.5 Å². The first-order valence-corrected chi connectivity index (χ1v) is 10.4. The van der Waals surface area contributed by atoms with E-state index in [1.54, 1.807) is 19.2 Å². The summed E-state index contributed by atoms with van der Waals surface area (Å²) in [5.74, 6) is 2.20. The van der Waals surface area contributed by atoms with E-state index in [1.807, 2.05) is 24.3 Å². The second kappa shape index (κ2) is 9.51. The molecular weight excluding hydrogens is 420 g/mol. The van der Waals surface area contributed by atoms with E-state index in [-0.39, 0.29) is 6.10 Å². The Morgan fingerprint density at radius 3 is 2.31 bits per heavy atom. The van der Waals surface area contributed by atoms with E-state index in [2.05, 4.69) is 0 Å². The summed E-state index contributed by atoms with van der Waals surface area (Å²) in [6.07, 6.45) is -5.69. The predicted octanol–water partition coefficient (Wildman–Crippen LogP) is 0.949. The van der Waals surface area contributed by atoms with Gasteiger partial charge in [0.2, 0.25) is 6.29 Å². The fourth-order valence-corrected chi connectivity index (χ4v) is 4.00. The molecule has 0 aliphatic carbocycles. The average Bonchev–Trinajstić information content (AvgIpc) is 2.83. The van der Waals surface area contributed by atoms with Crippen molar-refractivity contribution in [3.8, 4) is 23.0 Å². The molecule has 0 spiro atoms. The predicted molar refractivity (Wildman–Crippen MR) is 112 cm³/mol. The Balaban J connectivity index is 1.58. The number of hydrogen-bond acceptors (Lipinski definition) is 9. The van der Waals surface area contributed by atoms with Crippen molar-refractivity contribution in [2.75, 3.05) is 20.8 Å². The third kappa shape index (κ3) is 4.35. The van der Waals surface area contributed by atoms with Crippen LogP contribution in [0, 0.1) is 0 Å². The van der Waals surface area contributed by atoms with Crippen LogP contribution in [0.3, 0.4) is 0 Å². The number of ether oxygens (including phenoxy) is 5. The first-order chi connectivity index (χ1) is 15.4. The fourth-order valence-electron chi connectivity index (χ4n) is 4.00. The lowest BCUT2D eigenvalue weighted by atomic mass is 9.96. The van der Waals surface area contributed by atoms with Gasteiger partial charge in [0.25, 0.3) is 0 Å². The van der Waals surface area contributed by atoms with E-state index in [0.29, 0.717) is 30.1 Å². The van der Waals surface area contributed by atoms with Gasteiger partial charge in [0, 0.05) is 17.7 Å². The van der Waals surface area contributed by atoms with Gasteiger partial charge in [0.05, 0.1) is 20.8 Å². The Morgan fingerprint density at radius 1 is 0.938 bits per heavy atom. The molecule has 4 rings (SSSR count). The first-order valence-electron chi connectivity index (χ1n) is 10.4. The molecule has 2 aliphatic rings. The van der Waals surface area contributed by atoms with Gasteiger partial charge in [-0.3, -0.25) is 0 Å². The molecule has 2 heterocycles. The third-order valence-electron chi connectivity index (χ3n) is 5.88. The van der Waals surface area contributed by atoms with E-state index in [9.17, 15) is 20.4 Å². The molecule has 4 N–H and O–H groups in total. The highest BCUT2D eigenvalue weighted by molar-refractivity contribution is 5.52. The van der Waals surface area contributed by atoms with Crippen LogP contribution in [0.15, 0.2) is 36.4 Å². The largest absolute Gasteiger partial charge is 0.497 e. The van der Waals surface area contributed by atoms with Crippen LogP contribution in [0.5, 0.6) is 23.0 Å². The van der Waals surface area contributed by atoms with Gasteiger partial charge >= 0.3 is 0 Å². The Bertz CT molecular complexity index is 914. The summed E-state index contributed by atoms with van der Waals surface area (Å²) in [5.41, 5.74) is 1.78. The van der Waals surface area contributed by atoms with Crippen LogP contribution in [-0.2, 0) is 11.2 Å². The van der Waals surface area contributed by atoms with Crippen molar-refractivity contribution in [3.05, 3.63) is 47.5 Å². The van der Waals surface area contributed by atoms with E-state index in [4.69, 9.17) is 23.7 Å². The Kier molecular flexibility index (Phi) is 6.73. The monoisotopic (exact) mass is 448 g/mol. The molecule has 2 aromatic carbocycles. The number of hydrogen-bond donors (Lipinski definition) is 4. The molecule has 1 fully saturated rings. The molecule has 1 saturated heterocycles. The van der Waals surface area contributed by atoms with Crippen LogP contribution in [0.2, 0.25) is 0 Å². The fraction of sp³-hybridized carbons (Fsp3) is 0.478. The summed E-state index contributed by atoms with van der Waals surface area (Å²) >= 11 is 0. The van der Waals surface area contributed by atoms with Crippen LogP contribution in [0.1, 0.15) is 23.7 Å². The average molecular weight is 448 g/mol. The van der Waals surface area contributed by atoms with Crippen molar-refractivity contribution in [1.29, 1.82) is 0 Å². The van der Waals surface area contributed by atoms with E-state index in [0.717, 1.165) is 16.9 Å². The molecule has 0 amide bonds. The second-order valence-electron chi connectivity index (χ2n) is 7.84. The number of benzene rings is 2. The molecule has 174 valence electrons. The third-order valence-corrected chi connectivity index (χ3v) is 5.88. The number of methoxy groups -OCH3 is 2. The minimum atomic E-state index is -1.52. The highest BCUT2D eigenvalue weighted by Gasteiger charge is 2.45. The lowest BCUT2D eigenvalue weighted by Gasteiger charge is -2.40. The quantitative estimate of drug-likeness (QED) is 0.511. The second-order valence-corrected chi connectivity index (χ2v) is 7.84. The Hall–Kier alpha value is -2.56. The topological polar surface area (TPSA) is 127 Å². The highest BCUT2D eigenvalue weighted by Crippen LogP contribution is 2.43.